The first-order valence-electron chi connectivity index (χ1n) is 6.74. The molecule has 0 radical (unpaired) electrons. The Balaban J connectivity index is 1.70. The maximum atomic E-state index is 11.7. The highest BCUT2D eigenvalue weighted by atomic mass is 16.5. The summed E-state index contributed by atoms with van der Waals surface area (Å²) in [7, 11) is 1.52. The molecule has 3 N–H and O–H groups in total. The Morgan fingerprint density at radius 1 is 1.27 bits per heavy atom. The maximum absolute atomic E-state index is 11.7. The molecule has 0 aromatic heterocycles. The third-order valence-electron chi connectivity index (χ3n) is 3.04. The highest BCUT2D eigenvalue weighted by Gasteiger charge is 2.28. The van der Waals surface area contributed by atoms with Gasteiger partial charge < -0.3 is 20.1 Å². The van der Waals surface area contributed by atoms with Crippen molar-refractivity contribution in [1.29, 1.82) is 0 Å². The van der Waals surface area contributed by atoms with Crippen LogP contribution in [0.4, 0.5) is 4.79 Å². The van der Waals surface area contributed by atoms with E-state index in [1.54, 1.807) is 24.3 Å². The van der Waals surface area contributed by atoms with E-state index in [2.05, 4.69) is 16.0 Å². The van der Waals surface area contributed by atoms with E-state index in [-0.39, 0.29) is 25.0 Å². The molecule has 1 unspecified atom stereocenters. The monoisotopic (exact) mass is 307 g/mol. The number of amides is 4. The fourth-order valence-corrected chi connectivity index (χ4v) is 1.95. The van der Waals surface area contributed by atoms with Crippen LogP contribution in [0.15, 0.2) is 24.3 Å². The normalized spacial score (nSPS) is 16.7. The SMILES string of the molecule is COc1ccccc1OCC(=O)NCCC1NC(=O)NC1=O. The van der Waals surface area contributed by atoms with Crippen LogP contribution in [-0.4, -0.2) is 44.1 Å². The summed E-state index contributed by atoms with van der Waals surface area (Å²) in [6, 6.07) is 5.88. The lowest BCUT2D eigenvalue weighted by Crippen LogP contribution is -2.36. The molecular weight excluding hydrogens is 290 g/mol. The number of hydrogen-bond donors (Lipinski definition) is 3. The summed E-state index contributed by atoms with van der Waals surface area (Å²) in [6.07, 6.45) is 0.317. The van der Waals surface area contributed by atoms with Crippen LogP contribution in [0.2, 0.25) is 0 Å². The zero-order chi connectivity index (χ0) is 15.9. The number of carbonyl (C=O) groups is 3. The second kappa shape index (κ2) is 7.30. The van der Waals surface area contributed by atoms with Crippen LogP contribution in [0.5, 0.6) is 11.5 Å². The van der Waals surface area contributed by atoms with E-state index in [1.165, 1.54) is 7.11 Å². The Kier molecular flexibility index (Phi) is 5.18. The van der Waals surface area contributed by atoms with Crippen LogP contribution >= 0.6 is 0 Å². The molecule has 0 bridgehead atoms. The number of methoxy groups -OCH3 is 1. The second-order valence-electron chi connectivity index (χ2n) is 4.59. The van der Waals surface area contributed by atoms with E-state index in [4.69, 9.17) is 9.47 Å². The van der Waals surface area contributed by atoms with Crippen LogP contribution in [0.25, 0.3) is 0 Å². The second-order valence-corrected chi connectivity index (χ2v) is 4.59. The molecule has 2 rings (SSSR count). The molecule has 1 saturated heterocycles. The topological polar surface area (TPSA) is 106 Å². The molecule has 8 nitrogen and oxygen atoms in total. The summed E-state index contributed by atoms with van der Waals surface area (Å²) in [5.74, 6) is 0.309. The predicted molar refractivity (Wildman–Crippen MR) is 76.6 cm³/mol. The van der Waals surface area contributed by atoms with Crippen LogP contribution in [-0.2, 0) is 9.59 Å². The van der Waals surface area contributed by atoms with Gasteiger partial charge in [0.2, 0.25) is 0 Å². The highest BCUT2D eigenvalue weighted by Crippen LogP contribution is 2.25. The standard InChI is InChI=1S/C14H17N3O5/c1-21-10-4-2-3-5-11(10)22-8-12(18)15-7-6-9-13(19)17-14(20)16-9/h2-5,9H,6-8H2,1H3,(H,15,18)(H2,16,17,19,20). The van der Waals surface area contributed by atoms with Gasteiger partial charge in [-0.3, -0.25) is 14.9 Å². The first-order chi connectivity index (χ1) is 10.6. The van der Waals surface area contributed by atoms with Gasteiger partial charge in [-0.15, -0.1) is 0 Å². The van der Waals surface area contributed by atoms with Gasteiger partial charge in [0, 0.05) is 6.54 Å². The minimum absolute atomic E-state index is 0.163. The molecule has 1 aliphatic heterocycles. The molecule has 0 aliphatic carbocycles. The first-order valence-corrected chi connectivity index (χ1v) is 6.74. The molecule has 8 heteroatoms. The third-order valence-corrected chi connectivity index (χ3v) is 3.04. The number of benzene rings is 1. The van der Waals surface area contributed by atoms with Crippen molar-refractivity contribution < 1.29 is 23.9 Å². The van der Waals surface area contributed by atoms with Crippen LogP contribution < -0.4 is 25.4 Å². The van der Waals surface area contributed by atoms with Crippen molar-refractivity contribution in [1.82, 2.24) is 16.0 Å². The zero-order valence-electron chi connectivity index (χ0n) is 12.0. The average molecular weight is 307 g/mol. The Bertz CT molecular complexity index is 575. The summed E-state index contributed by atoms with van der Waals surface area (Å²) in [4.78, 5) is 33.9. The number of imide groups is 1. The van der Waals surface area contributed by atoms with Gasteiger partial charge in [0.1, 0.15) is 6.04 Å². The minimum Gasteiger partial charge on any atom is -0.493 e. The van der Waals surface area contributed by atoms with E-state index in [9.17, 15) is 14.4 Å². The van der Waals surface area contributed by atoms with Gasteiger partial charge in [-0.2, -0.15) is 0 Å². The Hall–Kier alpha value is -2.77. The first kappa shape index (κ1) is 15.6. The molecule has 0 saturated carbocycles. The van der Waals surface area contributed by atoms with Crippen LogP contribution in [0.1, 0.15) is 6.42 Å². The van der Waals surface area contributed by atoms with Crippen LogP contribution in [0.3, 0.4) is 0 Å². The molecule has 1 aliphatic rings. The van der Waals surface area contributed by atoms with Crippen molar-refractivity contribution in [2.75, 3.05) is 20.3 Å². The molecule has 0 spiro atoms. The van der Waals surface area contributed by atoms with E-state index in [0.29, 0.717) is 17.9 Å². The van der Waals surface area contributed by atoms with E-state index < -0.39 is 12.1 Å². The minimum atomic E-state index is -0.608. The van der Waals surface area contributed by atoms with Crippen molar-refractivity contribution in [3.63, 3.8) is 0 Å². The number of carbonyl (C=O) groups excluding carboxylic acids is 3. The lowest BCUT2D eigenvalue weighted by Gasteiger charge is -2.11. The molecular formula is C14H17N3O5. The van der Waals surface area contributed by atoms with Crippen LogP contribution in [0, 0.1) is 0 Å². The zero-order valence-corrected chi connectivity index (χ0v) is 12.0. The average Bonchev–Trinajstić information content (AvgIpc) is 2.83. The van der Waals surface area contributed by atoms with Crippen molar-refractivity contribution in [3.8, 4) is 11.5 Å². The lowest BCUT2D eigenvalue weighted by molar-refractivity contribution is -0.124. The Labute approximate surface area is 127 Å². The summed E-state index contributed by atoms with van der Waals surface area (Å²) >= 11 is 0. The van der Waals surface area contributed by atoms with Gasteiger partial charge in [-0.1, -0.05) is 12.1 Å². The summed E-state index contributed by atoms with van der Waals surface area (Å²) < 4.78 is 10.5. The van der Waals surface area contributed by atoms with E-state index in [1.807, 2.05) is 0 Å². The van der Waals surface area contributed by atoms with Crippen molar-refractivity contribution in [2.45, 2.75) is 12.5 Å². The van der Waals surface area contributed by atoms with Gasteiger partial charge >= 0.3 is 6.03 Å². The van der Waals surface area contributed by atoms with Gasteiger partial charge in [-0.05, 0) is 18.6 Å². The summed E-state index contributed by atoms with van der Waals surface area (Å²) in [5, 5.41) is 7.19. The Morgan fingerprint density at radius 3 is 2.64 bits per heavy atom. The molecule has 1 fully saturated rings. The van der Waals surface area contributed by atoms with Crippen molar-refractivity contribution in [2.24, 2.45) is 0 Å². The van der Waals surface area contributed by atoms with Gasteiger partial charge in [0.25, 0.3) is 11.8 Å². The Morgan fingerprint density at radius 2 is 2.00 bits per heavy atom. The number of hydrogen-bond acceptors (Lipinski definition) is 5. The van der Waals surface area contributed by atoms with Gasteiger partial charge in [0.15, 0.2) is 18.1 Å². The quantitative estimate of drug-likeness (QED) is 0.604. The number of ether oxygens (including phenoxy) is 2. The third kappa shape index (κ3) is 4.11. The largest absolute Gasteiger partial charge is 0.493 e. The lowest BCUT2D eigenvalue weighted by atomic mass is 10.2. The molecule has 118 valence electrons. The molecule has 22 heavy (non-hydrogen) atoms. The molecule has 1 atom stereocenters. The molecule has 1 heterocycles. The predicted octanol–water partition coefficient (Wildman–Crippen LogP) is -0.212. The van der Waals surface area contributed by atoms with E-state index >= 15 is 0 Å². The number of rotatable bonds is 7. The molecule has 1 aromatic carbocycles. The van der Waals surface area contributed by atoms with Crippen molar-refractivity contribution in [3.05, 3.63) is 24.3 Å². The summed E-state index contributed by atoms with van der Waals surface area (Å²) in [5.41, 5.74) is 0. The van der Waals surface area contributed by atoms with Gasteiger partial charge in [-0.25, -0.2) is 4.79 Å². The van der Waals surface area contributed by atoms with E-state index in [0.717, 1.165) is 0 Å². The molecule has 1 aromatic rings. The maximum Gasteiger partial charge on any atom is 0.322 e. The highest BCUT2D eigenvalue weighted by molar-refractivity contribution is 6.04. The number of urea groups is 1. The smallest absolute Gasteiger partial charge is 0.322 e. The number of nitrogens with one attached hydrogen (secondary N) is 3. The van der Waals surface area contributed by atoms with Gasteiger partial charge in [0.05, 0.1) is 7.11 Å². The molecule has 4 amide bonds. The number of para-hydroxylation sites is 2. The fraction of sp³-hybridized carbons (Fsp3) is 0.357. The summed E-state index contributed by atoms with van der Waals surface area (Å²) in [6.45, 7) is 0.0933. The fourth-order valence-electron chi connectivity index (χ4n) is 1.95. The van der Waals surface area contributed by atoms with Crippen molar-refractivity contribution >= 4 is 17.8 Å².